The zero-order valence-corrected chi connectivity index (χ0v) is 18.6. The van der Waals surface area contributed by atoms with Crippen molar-refractivity contribution in [1.29, 1.82) is 0 Å². The molecule has 7 nitrogen and oxygen atoms in total. The van der Waals surface area contributed by atoms with Gasteiger partial charge in [0.2, 0.25) is 11.9 Å². The third-order valence-electron chi connectivity index (χ3n) is 5.50. The number of carbonyl (C=O) groups excluding carboxylic acids is 1. The average Bonchev–Trinajstić information content (AvgIpc) is 2.76. The lowest BCUT2D eigenvalue weighted by Gasteiger charge is -2.32. The summed E-state index contributed by atoms with van der Waals surface area (Å²) in [7, 11) is 0. The van der Waals surface area contributed by atoms with Crippen LogP contribution in [-0.2, 0) is 11.3 Å². The molecule has 2 heterocycles. The number of likely N-dealkylation sites (tertiary alicyclic amines) is 1. The topological polar surface area (TPSA) is 82.2 Å². The molecule has 1 aromatic heterocycles. The van der Waals surface area contributed by atoms with Gasteiger partial charge in [-0.1, -0.05) is 30.3 Å². The number of benzene rings is 2. The van der Waals surface area contributed by atoms with E-state index in [2.05, 4.69) is 61.2 Å². The molecule has 32 heavy (non-hydrogen) atoms. The van der Waals surface area contributed by atoms with E-state index in [1.165, 1.54) is 12.5 Å². The van der Waals surface area contributed by atoms with Crippen molar-refractivity contribution in [2.75, 3.05) is 29.0 Å². The molecule has 0 bridgehead atoms. The van der Waals surface area contributed by atoms with Gasteiger partial charge in [0.15, 0.2) is 0 Å². The second kappa shape index (κ2) is 10.2. The predicted molar refractivity (Wildman–Crippen MR) is 129 cm³/mol. The van der Waals surface area contributed by atoms with E-state index in [1.807, 2.05) is 37.3 Å². The number of nitrogens with one attached hydrogen (secondary N) is 3. The number of rotatable bonds is 7. The summed E-state index contributed by atoms with van der Waals surface area (Å²) in [5.74, 6) is 1.32. The number of carbonyl (C=O) groups is 1. The summed E-state index contributed by atoms with van der Waals surface area (Å²) >= 11 is 0. The zero-order valence-electron chi connectivity index (χ0n) is 18.6. The SMILES string of the molecule is CC(=O)Nc1ccc(Nc2cc(C)nc(NC3CCN(Cc4ccccc4)CC3)n2)cc1. The van der Waals surface area contributed by atoms with Crippen LogP contribution in [0.1, 0.15) is 31.0 Å². The van der Waals surface area contributed by atoms with Gasteiger partial charge in [-0.3, -0.25) is 9.69 Å². The molecule has 3 N–H and O–H groups in total. The number of nitrogens with zero attached hydrogens (tertiary/aromatic N) is 3. The number of aryl methyl sites for hydroxylation is 1. The zero-order chi connectivity index (χ0) is 22.3. The molecule has 166 valence electrons. The highest BCUT2D eigenvalue weighted by Crippen LogP contribution is 2.21. The van der Waals surface area contributed by atoms with E-state index < -0.39 is 0 Å². The summed E-state index contributed by atoms with van der Waals surface area (Å²) in [6, 6.07) is 20.5. The van der Waals surface area contributed by atoms with Crippen molar-refractivity contribution in [2.45, 2.75) is 39.3 Å². The smallest absolute Gasteiger partial charge is 0.225 e. The first kappa shape index (κ1) is 21.8. The molecule has 1 aliphatic heterocycles. The van der Waals surface area contributed by atoms with Gasteiger partial charge in [0, 0.05) is 55.7 Å². The molecule has 0 aliphatic carbocycles. The first-order valence-corrected chi connectivity index (χ1v) is 11.1. The third-order valence-corrected chi connectivity index (χ3v) is 5.50. The van der Waals surface area contributed by atoms with E-state index in [0.717, 1.165) is 55.4 Å². The van der Waals surface area contributed by atoms with Gasteiger partial charge in [-0.05, 0) is 49.6 Å². The molecular formula is C25H30N6O. The van der Waals surface area contributed by atoms with E-state index >= 15 is 0 Å². The summed E-state index contributed by atoms with van der Waals surface area (Å²) in [6.45, 7) is 6.59. The minimum Gasteiger partial charge on any atom is -0.351 e. The lowest BCUT2D eigenvalue weighted by Crippen LogP contribution is -2.39. The monoisotopic (exact) mass is 430 g/mol. The van der Waals surface area contributed by atoms with Gasteiger partial charge < -0.3 is 16.0 Å². The van der Waals surface area contributed by atoms with Gasteiger partial charge in [-0.15, -0.1) is 0 Å². The Morgan fingerprint density at radius 2 is 1.69 bits per heavy atom. The van der Waals surface area contributed by atoms with Crippen molar-refractivity contribution in [2.24, 2.45) is 0 Å². The molecule has 0 atom stereocenters. The third kappa shape index (κ3) is 6.28. The minimum atomic E-state index is -0.0845. The Hall–Kier alpha value is -3.45. The standard InChI is InChI=1S/C25H30N6O/c1-18-16-24(28-22-10-8-21(9-11-22)27-19(2)32)30-25(26-18)29-23-12-14-31(15-13-23)17-20-6-4-3-5-7-20/h3-11,16,23H,12-15,17H2,1-2H3,(H,27,32)(H2,26,28,29,30). The highest BCUT2D eigenvalue weighted by atomic mass is 16.1. The van der Waals surface area contributed by atoms with Crippen LogP contribution in [0.5, 0.6) is 0 Å². The highest BCUT2D eigenvalue weighted by molar-refractivity contribution is 5.88. The molecule has 7 heteroatoms. The number of amides is 1. The van der Waals surface area contributed by atoms with Crippen molar-refractivity contribution in [3.05, 3.63) is 71.9 Å². The molecule has 1 aliphatic rings. The van der Waals surface area contributed by atoms with Crippen molar-refractivity contribution in [1.82, 2.24) is 14.9 Å². The molecule has 0 spiro atoms. The molecule has 1 fully saturated rings. The molecule has 0 radical (unpaired) electrons. The van der Waals surface area contributed by atoms with E-state index in [-0.39, 0.29) is 5.91 Å². The van der Waals surface area contributed by atoms with Crippen LogP contribution in [0.25, 0.3) is 0 Å². The molecule has 4 rings (SSSR count). The Balaban J connectivity index is 1.32. The maximum atomic E-state index is 11.2. The summed E-state index contributed by atoms with van der Waals surface area (Å²) in [5, 5.41) is 9.62. The first-order chi connectivity index (χ1) is 15.5. The van der Waals surface area contributed by atoms with Gasteiger partial charge in [-0.2, -0.15) is 4.98 Å². The second-order valence-electron chi connectivity index (χ2n) is 8.28. The van der Waals surface area contributed by atoms with Crippen molar-refractivity contribution in [3.8, 4) is 0 Å². The van der Waals surface area contributed by atoms with E-state index in [1.54, 1.807) is 0 Å². The fraction of sp³-hybridized carbons (Fsp3) is 0.320. The number of aromatic nitrogens is 2. The van der Waals surface area contributed by atoms with Crippen LogP contribution in [0.15, 0.2) is 60.7 Å². The van der Waals surface area contributed by atoms with Crippen LogP contribution >= 0.6 is 0 Å². The molecule has 0 unspecified atom stereocenters. The molecule has 1 saturated heterocycles. The maximum Gasteiger partial charge on any atom is 0.225 e. The largest absolute Gasteiger partial charge is 0.351 e. The van der Waals surface area contributed by atoms with Crippen LogP contribution in [0.2, 0.25) is 0 Å². The Morgan fingerprint density at radius 1 is 1.00 bits per heavy atom. The quantitative estimate of drug-likeness (QED) is 0.510. The second-order valence-corrected chi connectivity index (χ2v) is 8.28. The van der Waals surface area contributed by atoms with Crippen LogP contribution in [0, 0.1) is 6.92 Å². The number of hydrogen-bond donors (Lipinski definition) is 3. The normalized spacial score (nSPS) is 14.7. The van der Waals surface area contributed by atoms with Crippen LogP contribution in [0.4, 0.5) is 23.1 Å². The minimum absolute atomic E-state index is 0.0845. The van der Waals surface area contributed by atoms with Crippen LogP contribution in [0.3, 0.4) is 0 Å². The van der Waals surface area contributed by atoms with Gasteiger partial charge in [0.25, 0.3) is 0 Å². The number of hydrogen-bond acceptors (Lipinski definition) is 6. The summed E-state index contributed by atoms with van der Waals surface area (Å²) in [5.41, 5.74) is 3.93. The van der Waals surface area contributed by atoms with Crippen molar-refractivity contribution < 1.29 is 4.79 Å². The Bertz CT molecular complexity index is 1030. The first-order valence-electron chi connectivity index (χ1n) is 11.1. The van der Waals surface area contributed by atoms with E-state index in [9.17, 15) is 4.79 Å². The predicted octanol–water partition coefficient (Wildman–Crippen LogP) is 4.56. The van der Waals surface area contributed by atoms with Gasteiger partial charge in [0.05, 0.1) is 0 Å². The van der Waals surface area contributed by atoms with Gasteiger partial charge in [0.1, 0.15) is 5.82 Å². The van der Waals surface area contributed by atoms with E-state index in [4.69, 9.17) is 0 Å². The van der Waals surface area contributed by atoms with Crippen LogP contribution < -0.4 is 16.0 Å². The lowest BCUT2D eigenvalue weighted by atomic mass is 10.0. The lowest BCUT2D eigenvalue weighted by molar-refractivity contribution is -0.114. The number of piperidine rings is 1. The van der Waals surface area contributed by atoms with Crippen LogP contribution in [-0.4, -0.2) is 39.9 Å². The Kier molecular flexibility index (Phi) is 6.97. The Morgan fingerprint density at radius 3 is 2.38 bits per heavy atom. The summed E-state index contributed by atoms with van der Waals surface area (Å²) < 4.78 is 0. The Labute approximate surface area is 189 Å². The fourth-order valence-electron chi connectivity index (χ4n) is 3.94. The molecule has 2 aromatic carbocycles. The number of anilines is 4. The molecule has 1 amide bonds. The van der Waals surface area contributed by atoms with Gasteiger partial charge >= 0.3 is 0 Å². The summed E-state index contributed by atoms with van der Waals surface area (Å²) in [6.07, 6.45) is 2.13. The molecule has 0 saturated carbocycles. The van der Waals surface area contributed by atoms with Crippen molar-refractivity contribution in [3.63, 3.8) is 0 Å². The average molecular weight is 431 g/mol. The molecule has 3 aromatic rings. The summed E-state index contributed by atoms with van der Waals surface area (Å²) in [4.78, 5) is 22.9. The van der Waals surface area contributed by atoms with Gasteiger partial charge in [-0.25, -0.2) is 4.98 Å². The fourth-order valence-corrected chi connectivity index (χ4v) is 3.94. The van der Waals surface area contributed by atoms with Crippen molar-refractivity contribution >= 4 is 29.0 Å². The van der Waals surface area contributed by atoms with E-state index in [0.29, 0.717) is 12.0 Å². The maximum absolute atomic E-state index is 11.2. The highest BCUT2D eigenvalue weighted by Gasteiger charge is 2.20. The molecular weight excluding hydrogens is 400 g/mol.